The first-order valence-electron chi connectivity index (χ1n) is 9.27. The minimum atomic E-state index is -3.85. The monoisotopic (exact) mass is 426 g/mol. The number of sulfonamides is 1. The third kappa shape index (κ3) is 3.81. The van der Waals surface area contributed by atoms with Crippen LogP contribution in [-0.2, 0) is 21.4 Å². The van der Waals surface area contributed by atoms with Crippen molar-refractivity contribution < 1.29 is 22.5 Å². The summed E-state index contributed by atoms with van der Waals surface area (Å²) in [4.78, 5) is 28.6. The second-order valence-corrected chi connectivity index (χ2v) is 8.47. The summed E-state index contributed by atoms with van der Waals surface area (Å²) >= 11 is 0. The third-order valence-electron chi connectivity index (χ3n) is 4.61. The Labute approximate surface area is 172 Å². The van der Waals surface area contributed by atoms with E-state index in [-0.39, 0.29) is 48.2 Å². The molecule has 0 unspecified atom stereocenters. The van der Waals surface area contributed by atoms with Crippen molar-refractivity contribution in [3.63, 3.8) is 0 Å². The lowest BCUT2D eigenvalue weighted by Crippen LogP contribution is -2.32. The van der Waals surface area contributed by atoms with Crippen LogP contribution in [0.4, 0.5) is 0 Å². The molecule has 30 heavy (non-hydrogen) atoms. The lowest BCUT2D eigenvalue weighted by atomic mass is 10.2. The molecule has 2 amide bonds. The number of fused-ring (bicyclic) bond motifs is 1. The fraction of sp³-hybridized carbons (Fsp3) is 0.200. The molecule has 0 spiro atoms. The minimum absolute atomic E-state index is 0.00469. The van der Waals surface area contributed by atoms with Gasteiger partial charge in [-0.2, -0.15) is 4.98 Å². The van der Waals surface area contributed by atoms with Crippen LogP contribution in [0.25, 0.3) is 11.4 Å². The van der Waals surface area contributed by atoms with Gasteiger partial charge < -0.3 is 9.84 Å². The van der Waals surface area contributed by atoms with Gasteiger partial charge in [-0.1, -0.05) is 47.6 Å². The SMILES string of the molecule is O=C(CCCN1C(=O)c2ccccc2S1(=O)=O)NCc1nc(-c2ccccc2)no1. The van der Waals surface area contributed by atoms with Crippen molar-refractivity contribution in [2.75, 3.05) is 6.54 Å². The summed E-state index contributed by atoms with van der Waals surface area (Å²) in [6.07, 6.45) is 0.249. The Bertz CT molecular complexity index is 1190. The Morgan fingerprint density at radius 3 is 2.57 bits per heavy atom. The summed E-state index contributed by atoms with van der Waals surface area (Å²) in [7, 11) is -3.85. The van der Waals surface area contributed by atoms with Crippen LogP contribution < -0.4 is 5.32 Å². The van der Waals surface area contributed by atoms with Crippen LogP contribution in [0.1, 0.15) is 29.1 Å². The molecule has 1 aliphatic heterocycles. The van der Waals surface area contributed by atoms with Gasteiger partial charge in [0, 0.05) is 18.5 Å². The molecule has 0 aliphatic carbocycles. The summed E-state index contributed by atoms with van der Waals surface area (Å²) in [5.74, 6) is -0.187. The van der Waals surface area contributed by atoms with Crippen LogP contribution in [-0.4, -0.2) is 41.2 Å². The standard InChI is InChI=1S/C20H18N4O5S/c25-17(21-13-18-22-19(23-29-18)14-7-2-1-3-8-14)11-6-12-24-20(26)15-9-4-5-10-16(15)30(24,27)28/h1-5,7-10H,6,11-13H2,(H,21,25). The Balaban J connectivity index is 1.27. The topological polar surface area (TPSA) is 122 Å². The van der Waals surface area contributed by atoms with Crippen LogP contribution in [0, 0.1) is 0 Å². The van der Waals surface area contributed by atoms with Gasteiger partial charge in [-0.15, -0.1) is 0 Å². The molecule has 10 heteroatoms. The van der Waals surface area contributed by atoms with E-state index in [1.807, 2.05) is 30.3 Å². The second kappa shape index (κ2) is 8.07. The predicted molar refractivity (Wildman–Crippen MR) is 105 cm³/mol. The largest absolute Gasteiger partial charge is 0.347 e. The summed E-state index contributed by atoms with van der Waals surface area (Å²) in [5.41, 5.74) is 0.962. The van der Waals surface area contributed by atoms with Crippen LogP contribution in [0.15, 0.2) is 64.0 Å². The van der Waals surface area contributed by atoms with Gasteiger partial charge in [0.1, 0.15) is 4.90 Å². The van der Waals surface area contributed by atoms with Crippen LogP contribution in [0.5, 0.6) is 0 Å². The lowest BCUT2D eigenvalue weighted by Gasteiger charge is -2.14. The zero-order chi connectivity index (χ0) is 21.1. The van der Waals surface area contributed by atoms with Gasteiger partial charge in [0.2, 0.25) is 17.6 Å². The summed E-state index contributed by atoms with van der Waals surface area (Å²) in [6.45, 7) is -0.00691. The number of carbonyl (C=O) groups is 2. The number of nitrogens with one attached hydrogen (secondary N) is 1. The highest BCUT2D eigenvalue weighted by atomic mass is 32.2. The molecule has 1 N–H and O–H groups in total. The van der Waals surface area contributed by atoms with Crippen molar-refractivity contribution in [3.05, 3.63) is 66.1 Å². The first-order chi connectivity index (χ1) is 14.5. The van der Waals surface area contributed by atoms with E-state index in [0.29, 0.717) is 5.82 Å². The van der Waals surface area contributed by atoms with E-state index in [4.69, 9.17) is 4.52 Å². The number of nitrogens with zero attached hydrogens (tertiary/aromatic N) is 3. The highest BCUT2D eigenvalue weighted by Crippen LogP contribution is 2.29. The summed E-state index contributed by atoms with van der Waals surface area (Å²) < 4.78 is 30.9. The minimum Gasteiger partial charge on any atom is -0.347 e. The molecule has 1 aliphatic rings. The van der Waals surface area contributed by atoms with Gasteiger partial charge in [-0.3, -0.25) is 9.59 Å². The molecule has 0 fully saturated rings. The van der Waals surface area contributed by atoms with Crippen molar-refractivity contribution in [1.82, 2.24) is 19.8 Å². The normalized spacial score (nSPS) is 14.5. The maximum atomic E-state index is 12.5. The first kappa shape index (κ1) is 19.8. The lowest BCUT2D eigenvalue weighted by molar-refractivity contribution is -0.121. The van der Waals surface area contributed by atoms with Crippen LogP contribution in [0.3, 0.4) is 0 Å². The van der Waals surface area contributed by atoms with Crippen molar-refractivity contribution >= 4 is 21.8 Å². The number of aromatic nitrogens is 2. The zero-order valence-corrected chi connectivity index (χ0v) is 16.6. The van der Waals surface area contributed by atoms with Gasteiger partial charge in [-0.25, -0.2) is 12.7 Å². The van der Waals surface area contributed by atoms with Crippen LogP contribution >= 0.6 is 0 Å². The van der Waals surface area contributed by atoms with E-state index >= 15 is 0 Å². The highest BCUT2D eigenvalue weighted by molar-refractivity contribution is 7.90. The second-order valence-electron chi connectivity index (χ2n) is 6.64. The molecule has 2 heterocycles. The fourth-order valence-electron chi connectivity index (χ4n) is 3.13. The molecule has 9 nitrogen and oxygen atoms in total. The average molecular weight is 426 g/mol. The summed E-state index contributed by atoms with van der Waals surface area (Å²) in [5, 5.41) is 6.52. The molecule has 154 valence electrons. The van der Waals surface area contributed by atoms with Crippen molar-refractivity contribution in [2.24, 2.45) is 0 Å². The van der Waals surface area contributed by atoms with Gasteiger partial charge >= 0.3 is 0 Å². The molecule has 0 radical (unpaired) electrons. The maximum absolute atomic E-state index is 12.5. The van der Waals surface area contributed by atoms with Gasteiger partial charge in [-0.05, 0) is 18.6 Å². The first-order valence-corrected chi connectivity index (χ1v) is 10.7. The van der Waals surface area contributed by atoms with E-state index in [9.17, 15) is 18.0 Å². The molecule has 3 aromatic rings. The number of hydrogen-bond donors (Lipinski definition) is 1. The zero-order valence-electron chi connectivity index (χ0n) is 15.8. The Hall–Kier alpha value is -3.53. The number of rotatable bonds is 7. The number of amides is 2. The van der Waals surface area contributed by atoms with E-state index in [2.05, 4.69) is 15.5 Å². The molecule has 0 bridgehead atoms. The average Bonchev–Trinajstić information content (AvgIpc) is 3.31. The van der Waals surface area contributed by atoms with Crippen LogP contribution in [0.2, 0.25) is 0 Å². The molecule has 1 aromatic heterocycles. The van der Waals surface area contributed by atoms with Gasteiger partial charge in [0.05, 0.1) is 12.1 Å². The quantitative estimate of drug-likeness (QED) is 0.613. The predicted octanol–water partition coefficient (Wildman–Crippen LogP) is 1.98. The highest BCUT2D eigenvalue weighted by Gasteiger charge is 2.40. The number of benzene rings is 2. The van der Waals surface area contributed by atoms with Gasteiger partial charge in [0.25, 0.3) is 15.9 Å². The van der Waals surface area contributed by atoms with Gasteiger partial charge in [0.15, 0.2) is 0 Å². The molecule has 0 saturated carbocycles. The fourth-order valence-corrected chi connectivity index (χ4v) is 4.74. The maximum Gasteiger partial charge on any atom is 0.269 e. The molecule has 0 saturated heterocycles. The number of hydrogen-bond acceptors (Lipinski definition) is 7. The van der Waals surface area contributed by atoms with Crippen molar-refractivity contribution in [2.45, 2.75) is 24.3 Å². The van der Waals surface area contributed by atoms with Crippen molar-refractivity contribution in [1.29, 1.82) is 0 Å². The van der Waals surface area contributed by atoms with E-state index in [1.165, 1.54) is 12.1 Å². The molecule has 2 aromatic carbocycles. The Morgan fingerprint density at radius 1 is 1.07 bits per heavy atom. The molecular formula is C20H18N4O5S. The molecular weight excluding hydrogens is 408 g/mol. The van der Waals surface area contributed by atoms with E-state index < -0.39 is 15.9 Å². The molecule has 0 atom stereocenters. The third-order valence-corrected chi connectivity index (χ3v) is 6.45. The smallest absolute Gasteiger partial charge is 0.269 e. The Kier molecular flexibility index (Phi) is 5.32. The Morgan fingerprint density at radius 2 is 1.80 bits per heavy atom. The molecule has 4 rings (SSSR count). The van der Waals surface area contributed by atoms with E-state index in [0.717, 1.165) is 9.87 Å². The number of carbonyl (C=O) groups excluding carboxylic acids is 2. The summed E-state index contributed by atoms with van der Waals surface area (Å²) in [6, 6.07) is 15.4. The van der Waals surface area contributed by atoms with Crippen molar-refractivity contribution in [3.8, 4) is 11.4 Å². The van der Waals surface area contributed by atoms with E-state index in [1.54, 1.807) is 12.1 Å².